The molecule has 4 nitrogen and oxygen atoms in total. The zero-order valence-electron chi connectivity index (χ0n) is 14.1. The number of halogens is 3. The second kappa shape index (κ2) is 7.88. The van der Waals surface area contributed by atoms with Crippen LogP contribution in [0.1, 0.15) is 17.4 Å². The number of anilines is 1. The van der Waals surface area contributed by atoms with Gasteiger partial charge in [0, 0.05) is 17.1 Å². The summed E-state index contributed by atoms with van der Waals surface area (Å²) in [6.07, 6.45) is -4.73. The van der Waals surface area contributed by atoms with Gasteiger partial charge in [0.1, 0.15) is 5.75 Å². The number of amides is 1. The number of nitrogens with zero attached hydrogens (tertiary/aromatic N) is 1. The highest BCUT2D eigenvalue weighted by atomic mass is 32.1. The van der Waals surface area contributed by atoms with Crippen molar-refractivity contribution < 1.29 is 22.7 Å². The fourth-order valence-corrected chi connectivity index (χ4v) is 3.08. The van der Waals surface area contributed by atoms with E-state index in [-0.39, 0.29) is 11.7 Å². The highest BCUT2D eigenvalue weighted by Gasteiger charge is 2.31. The largest absolute Gasteiger partial charge is 0.573 e. The number of thiophene rings is 1. The lowest BCUT2D eigenvalue weighted by Crippen LogP contribution is -2.39. The molecule has 136 valence electrons. The van der Waals surface area contributed by atoms with E-state index in [0.717, 1.165) is 12.1 Å². The van der Waals surface area contributed by atoms with Crippen LogP contribution in [0.2, 0.25) is 0 Å². The van der Waals surface area contributed by atoms with Gasteiger partial charge in [0.05, 0.1) is 6.04 Å². The van der Waals surface area contributed by atoms with E-state index < -0.39 is 12.4 Å². The van der Waals surface area contributed by atoms with Crippen LogP contribution >= 0.6 is 11.3 Å². The molecule has 8 heteroatoms. The van der Waals surface area contributed by atoms with Crippen LogP contribution in [0.4, 0.5) is 18.9 Å². The van der Waals surface area contributed by atoms with E-state index in [9.17, 15) is 18.0 Å². The Labute approximate surface area is 148 Å². The Bertz CT molecular complexity index is 713. The molecule has 0 saturated heterocycles. The van der Waals surface area contributed by atoms with E-state index in [2.05, 4.69) is 10.1 Å². The van der Waals surface area contributed by atoms with Gasteiger partial charge in [0.15, 0.2) is 0 Å². The summed E-state index contributed by atoms with van der Waals surface area (Å²) in [6.45, 7) is 4.45. The molecule has 0 aliphatic rings. The summed E-state index contributed by atoms with van der Waals surface area (Å²) in [6, 6.07) is 6.69. The Hall–Kier alpha value is -2.06. The van der Waals surface area contributed by atoms with Gasteiger partial charge in [-0.25, -0.2) is 0 Å². The summed E-state index contributed by atoms with van der Waals surface area (Å²) in [5, 5.41) is 4.70. The molecule has 1 atom stereocenters. The predicted octanol–water partition coefficient (Wildman–Crippen LogP) is 4.41. The Balaban J connectivity index is 1.93. The predicted molar refractivity (Wildman–Crippen MR) is 91.7 cm³/mol. The molecular weight excluding hydrogens is 353 g/mol. The lowest BCUT2D eigenvalue weighted by atomic mass is 10.2. The summed E-state index contributed by atoms with van der Waals surface area (Å²) in [7, 11) is 1.85. The smallest absolute Gasteiger partial charge is 0.406 e. The number of carbonyl (C=O) groups is 1. The molecule has 1 unspecified atom stereocenters. The first-order chi connectivity index (χ1) is 11.7. The summed E-state index contributed by atoms with van der Waals surface area (Å²) in [4.78, 5) is 15.4. The molecule has 0 saturated carbocycles. The molecule has 1 aromatic heterocycles. The Morgan fingerprint density at radius 1 is 1.28 bits per heavy atom. The number of carbonyl (C=O) groups excluding carboxylic acids is 1. The minimum atomic E-state index is -4.73. The maximum atomic E-state index is 12.3. The maximum Gasteiger partial charge on any atom is 0.573 e. The second-order valence-electron chi connectivity index (χ2n) is 5.68. The van der Waals surface area contributed by atoms with Crippen LogP contribution < -0.4 is 10.1 Å². The number of hydrogen-bond donors (Lipinski definition) is 1. The molecule has 0 aliphatic carbocycles. The summed E-state index contributed by atoms with van der Waals surface area (Å²) in [5.41, 5.74) is 1.59. The number of nitrogens with one attached hydrogen (secondary N) is 1. The van der Waals surface area contributed by atoms with Crippen molar-refractivity contribution in [3.05, 3.63) is 46.2 Å². The van der Waals surface area contributed by atoms with Crippen molar-refractivity contribution >= 4 is 22.9 Å². The summed E-state index contributed by atoms with van der Waals surface area (Å²) < 4.78 is 40.2. The summed E-state index contributed by atoms with van der Waals surface area (Å²) >= 11 is 1.64. The quantitative estimate of drug-likeness (QED) is 0.816. The van der Waals surface area contributed by atoms with Crippen molar-refractivity contribution in [3.8, 4) is 5.75 Å². The number of hydrogen-bond acceptors (Lipinski definition) is 4. The zero-order valence-corrected chi connectivity index (χ0v) is 14.9. The van der Waals surface area contributed by atoms with Crippen LogP contribution in [0, 0.1) is 6.92 Å². The normalized spacial score (nSPS) is 12.9. The van der Waals surface area contributed by atoms with Gasteiger partial charge in [-0.2, -0.15) is 0 Å². The van der Waals surface area contributed by atoms with Gasteiger partial charge in [-0.1, -0.05) is 0 Å². The Morgan fingerprint density at radius 3 is 2.44 bits per heavy atom. The van der Waals surface area contributed by atoms with Gasteiger partial charge in [-0.05, 0) is 62.2 Å². The Kier molecular flexibility index (Phi) is 6.07. The van der Waals surface area contributed by atoms with E-state index in [1.54, 1.807) is 18.3 Å². The third kappa shape index (κ3) is 5.75. The summed E-state index contributed by atoms with van der Waals surface area (Å²) in [5.74, 6) is -0.565. The second-order valence-corrected chi connectivity index (χ2v) is 6.68. The van der Waals surface area contributed by atoms with Gasteiger partial charge in [0.2, 0.25) is 5.91 Å². The van der Waals surface area contributed by atoms with Crippen molar-refractivity contribution in [1.82, 2.24) is 4.90 Å². The first-order valence-electron chi connectivity index (χ1n) is 7.55. The average molecular weight is 372 g/mol. The highest BCUT2D eigenvalue weighted by Crippen LogP contribution is 2.24. The van der Waals surface area contributed by atoms with E-state index in [1.165, 1.54) is 22.6 Å². The first kappa shape index (κ1) is 19.3. The highest BCUT2D eigenvalue weighted by molar-refractivity contribution is 7.10. The minimum absolute atomic E-state index is 0.235. The molecule has 0 spiro atoms. The lowest BCUT2D eigenvalue weighted by Gasteiger charge is -2.23. The minimum Gasteiger partial charge on any atom is -0.406 e. The molecule has 25 heavy (non-hydrogen) atoms. The number of aryl methyl sites for hydroxylation is 1. The van der Waals surface area contributed by atoms with Crippen LogP contribution in [-0.4, -0.2) is 30.3 Å². The number of ether oxygens (including phenoxy) is 1. The number of likely N-dealkylation sites (N-methyl/N-ethyl adjacent to an activating group) is 1. The molecule has 1 aromatic carbocycles. The van der Waals surface area contributed by atoms with Crippen LogP contribution in [0.25, 0.3) is 0 Å². The van der Waals surface area contributed by atoms with E-state index >= 15 is 0 Å². The molecule has 1 N–H and O–H groups in total. The van der Waals surface area contributed by atoms with Gasteiger partial charge in [-0.15, -0.1) is 24.5 Å². The third-order valence-corrected chi connectivity index (χ3v) is 4.76. The van der Waals surface area contributed by atoms with Gasteiger partial charge < -0.3 is 10.1 Å². The van der Waals surface area contributed by atoms with E-state index in [4.69, 9.17) is 0 Å². The fourth-order valence-electron chi connectivity index (χ4n) is 2.12. The van der Waals surface area contributed by atoms with Crippen molar-refractivity contribution in [1.29, 1.82) is 0 Å². The zero-order chi connectivity index (χ0) is 18.6. The topological polar surface area (TPSA) is 41.6 Å². The van der Waals surface area contributed by atoms with Crippen LogP contribution in [0.15, 0.2) is 35.7 Å². The molecule has 0 fully saturated rings. The lowest BCUT2D eigenvalue weighted by molar-refractivity contribution is -0.274. The van der Waals surface area contributed by atoms with E-state index in [0.29, 0.717) is 12.2 Å². The van der Waals surface area contributed by atoms with Crippen molar-refractivity contribution in [2.75, 3.05) is 12.4 Å². The van der Waals surface area contributed by atoms with Crippen LogP contribution in [-0.2, 0) is 11.3 Å². The first-order valence-corrected chi connectivity index (χ1v) is 8.43. The van der Waals surface area contributed by atoms with Crippen molar-refractivity contribution in [3.63, 3.8) is 0 Å². The molecule has 0 radical (unpaired) electrons. The van der Waals surface area contributed by atoms with Crippen LogP contribution in [0.5, 0.6) is 5.75 Å². The Morgan fingerprint density at radius 2 is 1.92 bits per heavy atom. The van der Waals surface area contributed by atoms with Gasteiger partial charge >= 0.3 is 6.36 Å². The molecule has 1 amide bonds. The van der Waals surface area contributed by atoms with E-state index in [1.807, 2.05) is 30.3 Å². The molecule has 1 heterocycles. The molecule has 2 aromatic rings. The standard InChI is InChI=1S/C17H19F3N2O2S/c1-11-8-9-25-15(11)10-22(3)12(2)16(23)21-13-4-6-14(7-5-13)24-17(18,19)20/h4-9,12H,10H2,1-3H3,(H,21,23). The molecule has 0 aliphatic heterocycles. The monoisotopic (exact) mass is 372 g/mol. The number of benzene rings is 1. The van der Waals surface area contributed by atoms with Gasteiger partial charge in [0.25, 0.3) is 0 Å². The SMILES string of the molecule is Cc1ccsc1CN(C)C(C)C(=O)Nc1ccc(OC(F)(F)F)cc1. The third-order valence-electron chi connectivity index (χ3n) is 3.76. The maximum absolute atomic E-state index is 12.3. The van der Waals surface area contributed by atoms with Crippen molar-refractivity contribution in [2.45, 2.75) is 32.8 Å². The molecule has 0 bridgehead atoms. The number of rotatable bonds is 6. The number of alkyl halides is 3. The molecular formula is C17H19F3N2O2S. The van der Waals surface area contributed by atoms with Crippen LogP contribution in [0.3, 0.4) is 0 Å². The average Bonchev–Trinajstić information content (AvgIpc) is 2.92. The van der Waals surface area contributed by atoms with Crippen molar-refractivity contribution in [2.24, 2.45) is 0 Å². The van der Waals surface area contributed by atoms with Gasteiger partial charge in [-0.3, -0.25) is 9.69 Å². The fraction of sp³-hybridized carbons (Fsp3) is 0.353. The molecule has 2 rings (SSSR count).